The van der Waals surface area contributed by atoms with Gasteiger partial charge in [0.2, 0.25) is 10.0 Å². The summed E-state index contributed by atoms with van der Waals surface area (Å²) in [6.45, 7) is 6.63. The third kappa shape index (κ3) is 5.24. The number of nitrogens with zero attached hydrogens (tertiary/aromatic N) is 2. The van der Waals surface area contributed by atoms with Crippen molar-refractivity contribution in [1.82, 2.24) is 4.31 Å². The minimum Gasteiger partial charge on any atom is -0.492 e. The van der Waals surface area contributed by atoms with Crippen molar-refractivity contribution in [3.05, 3.63) is 53.1 Å². The van der Waals surface area contributed by atoms with Crippen LogP contribution >= 0.6 is 11.6 Å². The molecule has 7 heteroatoms. The fourth-order valence-corrected chi connectivity index (χ4v) is 5.24. The molecule has 1 heterocycles. The van der Waals surface area contributed by atoms with E-state index >= 15 is 0 Å². The van der Waals surface area contributed by atoms with Gasteiger partial charge in [0.05, 0.1) is 6.61 Å². The lowest BCUT2D eigenvalue weighted by Gasteiger charge is -2.35. The van der Waals surface area contributed by atoms with Gasteiger partial charge in [-0.25, -0.2) is 8.42 Å². The number of anilines is 1. The molecule has 1 aliphatic rings. The predicted octanol–water partition coefficient (Wildman–Crippen LogP) is 4.73. The van der Waals surface area contributed by atoms with Gasteiger partial charge >= 0.3 is 0 Å². The molecule has 3 rings (SSSR count). The summed E-state index contributed by atoms with van der Waals surface area (Å²) < 4.78 is 34.1. The van der Waals surface area contributed by atoms with E-state index in [4.69, 9.17) is 16.3 Å². The minimum atomic E-state index is -3.68. The van der Waals surface area contributed by atoms with Gasteiger partial charge < -0.3 is 9.64 Å². The highest BCUT2D eigenvalue weighted by atomic mass is 35.5. The van der Waals surface area contributed by atoms with Gasteiger partial charge in [-0.3, -0.25) is 0 Å². The van der Waals surface area contributed by atoms with E-state index in [-0.39, 0.29) is 4.90 Å². The Labute approximate surface area is 179 Å². The zero-order valence-electron chi connectivity index (χ0n) is 17.1. The molecule has 0 saturated carbocycles. The van der Waals surface area contributed by atoms with Crippen LogP contribution in [0.2, 0.25) is 5.02 Å². The minimum absolute atomic E-state index is 0.165. The molecule has 158 valence electrons. The van der Waals surface area contributed by atoms with E-state index < -0.39 is 10.0 Å². The molecule has 0 aliphatic carbocycles. The van der Waals surface area contributed by atoms with Gasteiger partial charge in [-0.15, -0.1) is 0 Å². The maximum Gasteiger partial charge on any atom is 0.246 e. The molecule has 0 spiro atoms. The van der Waals surface area contributed by atoms with E-state index in [1.54, 1.807) is 6.07 Å². The Morgan fingerprint density at radius 2 is 1.72 bits per heavy atom. The summed E-state index contributed by atoms with van der Waals surface area (Å²) in [5, 5.41) is 0.437. The molecule has 2 aromatic rings. The molecule has 0 unspecified atom stereocenters. The van der Waals surface area contributed by atoms with E-state index in [1.165, 1.54) is 10.4 Å². The molecule has 0 bridgehead atoms. The lowest BCUT2D eigenvalue weighted by molar-refractivity contribution is 0.296. The van der Waals surface area contributed by atoms with Crippen LogP contribution in [0.3, 0.4) is 0 Å². The Kier molecular flexibility index (Phi) is 7.44. The Bertz CT molecular complexity index is 911. The van der Waals surface area contributed by atoms with Crippen molar-refractivity contribution in [2.75, 3.05) is 37.7 Å². The molecule has 5 nitrogen and oxygen atoms in total. The van der Waals surface area contributed by atoms with Crippen LogP contribution in [0.15, 0.2) is 47.4 Å². The Morgan fingerprint density at radius 3 is 2.38 bits per heavy atom. The van der Waals surface area contributed by atoms with Crippen molar-refractivity contribution in [3.8, 4) is 5.75 Å². The highest BCUT2D eigenvalue weighted by Crippen LogP contribution is 2.33. The Balaban J connectivity index is 1.77. The third-order valence-electron chi connectivity index (χ3n) is 5.21. The zero-order valence-corrected chi connectivity index (χ0v) is 18.7. The van der Waals surface area contributed by atoms with Crippen LogP contribution in [0.25, 0.3) is 0 Å². The number of piperazine rings is 1. The molecule has 0 N–H and O–H groups in total. The van der Waals surface area contributed by atoms with Crippen molar-refractivity contribution < 1.29 is 13.2 Å². The second-order valence-corrected chi connectivity index (χ2v) is 9.64. The van der Waals surface area contributed by atoms with Crippen LogP contribution in [0.1, 0.15) is 31.7 Å². The monoisotopic (exact) mass is 436 g/mol. The van der Waals surface area contributed by atoms with Gasteiger partial charge in [0.25, 0.3) is 0 Å². The van der Waals surface area contributed by atoms with Gasteiger partial charge in [0.15, 0.2) is 0 Å². The topological polar surface area (TPSA) is 49.9 Å². The fourth-order valence-electron chi connectivity index (χ4n) is 3.45. The van der Waals surface area contributed by atoms with Gasteiger partial charge in [-0.1, -0.05) is 49.6 Å². The van der Waals surface area contributed by atoms with Crippen LogP contribution in [0.4, 0.5) is 5.69 Å². The Hall–Kier alpha value is -1.76. The van der Waals surface area contributed by atoms with Crippen LogP contribution in [-0.2, 0) is 10.0 Å². The van der Waals surface area contributed by atoms with Gasteiger partial charge in [-0.05, 0) is 43.2 Å². The number of unbranched alkanes of at least 4 members (excludes halogenated alkanes) is 2. The van der Waals surface area contributed by atoms with Gasteiger partial charge in [-0.2, -0.15) is 4.31 Å². The number of aryl methyl sites for hydroxylation is 1. The van der Waals surface area contributed by atoms with Crippen molar-refractivity contribution in [1.29, 1.82) is 0 Å². The smallest absolute Gasteiger partial charge is 0.246 e. The lowest BCUT2D eigenvalue weighted by atomic mass is 10.2. The molecule has 29 heavy (non-hydrogen) atoms. The molecule has 0 radical (unpaired) electrons. The molecule has 1 saturated heterocycles. The molecular formula is C22H29ClN2O3S. The van der Waals surface area contributed by atoms with Crippen LogP contribution < -0.4 is 9.64 Å². The first-order valence-corrected chi connectivity index (χ1v) is 12.0. The second-order valence-electron chi connectivity index (χ2n) is 7.33. The summed E-state index contributed by atoms with van der Waals surface area (Å²) in [7, 11) is -3.68. The maximum absolute atomic E-state index is 13.4. The first kappa shape index (κ1) is 21.9. The van der Waals surface area contributed by atoms with Crippen molar-refractivity contribution >= 4 is 27.3 Å². The van der Waals surface area contributed by atoms with E-state index in [0.29, 0.717) is 43.6 Å². The quantitative estimate of drug-likeness (QED) is 0.561. The van der Waals surface area contributed by atoms with Gasteiger partial charge in [0, 0.05) is 36.9 Å². The lowest BCUT2D eigenvalue weighted by Crippen LogP contribution is -2.48. The van der Waals surface area contributed by atoms with E-state index in [1.807, 2.05) is 37.3 Å². The summed E-state index contributed by atoms with van der Waals surface area (Å²) in [6.07, 6.45) is 3.03. The van der Waals surface area contributed by atoms with E-state index in [0.717, 1.165) is 30.5 Å². The fraction of sp³-hybridized carbons (Fsp3) is 0.455. The summed E-state index contributed by atoms with van der Waals surface area (Å²) >= 11 is 6.27. The number of sulfonamides is 1. The normalized spacial score (nSPS) is 15.5. The number of halogens is 1. The Morgan fingerprint density at radius 1 is 1.03 bits per heavy atom. The van der Waals surface area contributed by atoms with Crippen LogP contribution in [0.5, 0.6) is 5.75 Å². The number of hydrogen-bond acceptors (Lipinski definition) is 4. The zero-order chi connectivity index (χ0) is 20.9. The third-order valence-corrected chi connectivity index (χ3v) is 7.54. The van der Waals surface area contributed by atoms with Crippen LogP contribution in [-0.4, -0.2) is 45.5 Å². The largest absolute Gasteiger partial charge is 0.492 e. The maximum atomic E-state index is 13.4. The van der Waals surface area contributed by atoms with E-state index in [9.17, 15) is 8.42 Å². The molecule has 0 aromatic heterocycles. The summed E-state index contributed by atoms with van der Waals surface area (Å²) in [4.78, 5) is 2.37. The highest BCUT2D eigenvalue weighted by Gasteiger charge is 2.31. The molecular weight excluding hydrogens is 408 g/mol. The molecule has 1 aliphatic heterocycles. The number of ether oxygens (including phenoxy) is 1. The standard InChI is InChI=1S/C22H29ClN2O3S/c1-3-4-8-15-28-21-16-18(2)20(23)17-22(21)29(26,27)25-13-11-24(12-14-25)19-9-6-5-7-10-19/h5-7,9-10,16-17H,3-4,8,11-15H2,1-2H3. The van der Waals surface area contributed by atoms with Crippen molar-refractivity contribution in [2.24, 2.45) is 0 Å². The summed E-state index contributed by atoms with van der Waals surface area (Å²) in [5.74, 6) is 0.397. The summed E-state index contributed by atoms with van der Waals surface area (Å²) in [5.41, 5.74) is 1.92. The molecule has 0 amide bonds. The van der Waals surface area contributed by atoms with Crippen LogP contribution in [0, 0.1) is 6.92 Å². The van der Waals surface area contributed by atoms with Crippen molar-refractivity contribution in [3.63, 3.8) is 0 Å². The average molecular weight is 437 g/mol. The van der Waals surface area contributed by atoms with Crippen molar-refractivity contribution in [2.45, 2.75) is 38.0 Å². The second kappa shape index (κ2) is 9.83. The molecule has 0 atom stereocenters. The number of para-hydroxylation sites is 1. The number of rotatable bonds is 8. The predicted molar refractivity (Wildman–Crippen MR) is 119 cm³/mol. The number of hydrogen-bond donors (Lipinski definition) is 0. The molecule has 1 fully saturated rings. The van der Waals surface area contributed by atoms with E-state index in [2.05, 4.69) is 11.8 Å². The first-order chi connectivity index (χ1) is 13.9. The first-order valence-electron chi connectivity index (χ1n) is 10.2. The summed E-state index contributed by atoms with van der Waals surface area (Å²) in [6, 6.07) is 13.3. The van der Waals surface area contributed by atoms with Gasteiger partial charge in [0.1, 0.15) is 10.6 Å². The SMILES string of the molecule is CCCCCOc1cc(C)c(Cl)cc1S(=O)(=O)N1CCN(c2ccccc2)CC1. The highest BCUT2D eigenvalue weighted by molar-refractivity contribution is 7.89. The molecule has 2 aromatic carbocycles. The number of benzene rings is 2. The average Bonchev–Trinajstić information content (AvgIpc) is 2.74.